The molecule has 2 aromatic carbocycles. The topological polar surface area (TPSA) is 35.8 Å². The van der Waals surface area contributed by atoms with E-state index in [1.165, 1.54) is 18.2 Å². The van der Waals surface area contributed by atoms with Gasteiger partial charge in [-0.2, -0.15) is 5.26 Å². The molecule has 0 amide bonds. The van der Waals surface area contributed by atoms with Gasteiger partial charge in [-0.1, -0.05) is 23.2 Å². The molecule has 0 aliphatic carbocycles. The molecule has 0 aromatic heterocycles. The monoisotopic (exact) mass is 280 g/mol. The zero-order chi connectivity index (χ0) is 13.1. The molecule has 0 saturated carbocycles. The lowest BCUT2D eigenvalue weighted by atomic mass is 10.2. The average molecular weight is 281 g/mol. The van der Waals surface area contributed by atoms with Gasteiger partial charge in [0.2, 0.25) is 0 Å². The normalized spacial score (nSPS) is 9.89. The van der Waals surface area contributed by atoms with Crippen LogP contribution in [-0.4, -0.2) is 0 Å². The summed E-state index contributed by atoms with van der Waals surface area (Å²) in [7, 11) is 0. The van der Waals surface area contributed by atoms with Gasteiger partial charge in [0.25, 0.3) is 0 Å². The van der Waals surface area contributed by atoms with Crippen LogP contribution in [0.2, 0.25) is 10.0 Å². The molecule has 0 atom stereocenters. The lowest BCUT2D eigenvalue weighted by Gasteiger charge is -2.09. The Morgan fingerprint density at radius 1 is 1.11 bits per heavy atom. The van der Waals surface area contributed by atoms with Crippen LogP contribution in [0.25, 0.3) is 0 Å². The first-order chi connectivity index (χ1) is 8.60. The fraction of sp³-hybridized carbons (Fsp3) is 0. The fourth-order valence-corrected chi connectivity index (χ4v) is 1.74. The molecule has 0 aliphatic rings. The second-order valence-electron chi connectivity index (χ2n) is 3.56. The van der Waals surface area contributed by atoms with E-state index in [1.807, 2.05) is 6.07 Å². The first-order valence-electron chi connectivity index (χ1n) is 5.02. The van der Waals surface area contributed by atoms with Crippen molar-refractivity contribution in [2.24, 2.45) is 0 Å². The number of anilines is 2. The van der Waals surface area contributed by atoms with Crippen LogP contribution in [0, 0.1) is 17.1 Å². The lowest BCUT2D eigenvalue weighted by Crippen LogP contribution is -1.94. The molecule has 0 spiro atoms. The molecule has 0 radical (unpaired) electrons. The Labute approximate surface area is 114 Å². The summed E-state index contributed by atoms with van der Waals surface area (Å²) in [6.45, 7) is 0. The Morgan fingerprint density at radius 3 is 2.56 bits per heavy atom. The molecule has 0 saturated heterocycles. The van der Waals surface area contributed by atoms with E-state index in [-0.39, 0.29) is 5.02 Å². The van der Waals surface area contributed by atoms with Gasteiger partial charge in [0.1, 0.15) is 11.9 Å². The van der Waals surface area contributed by atoms with Crippen LogP contribution in [0.1, 0.15) is 5.56 Å². The SMILES string of the molecule is N#Cc1cc(Cl)ccc1Nc1ccc(Cl)c(F)c1. The number of hydrogen-bond acceptors (Lipinski definition) is 2. The van der Waals surface area contributed by atoms with Crippen molar-refractivity contribution in [2.75, 3.05) is 5.32 Å². The Balaban J connectivity index is 2.34. The second kappa shape index (κ2) is 5.26. The van der Waals surface area contributed by atoms with Crippen molar-refractivity contribution in [3.8, 4) is 6.07 Å². The summed E-state index contributed by atoms with van der Waals surface area (Å²) in [4.78, 5) is 0. The number of nitriles is 1. The Morgan fingerprint density at radius 2 is 1.89 bits per heavy atom. The zero-order valence-corrected chi connectivity index (χ0v) is 10.6. The van der Waals surface area contributed by atoms with Crippen molar-refractivity contribution in [3.63, 3.8) is 0 Å². The van der Waals surface area contributed by atoms with Crippen LogP contribution < -0.4 is 5.32 Å². The van der Waals surface area contributed by atoms with E-state index in [2.05, 4.69) is 5.32 Å². The Kier molecular flexibility index (Phi) is 3.71. The third-order valence-electron chi connectivity index (χ3n) is 2.30. The maximum Gasteiger partial charge on any atom is 0.143 e. The third-order valence-corrected chi connectivity index (χ3v) is 2.84. The van der Waals surface area contributed by atoms with Gasteiger partial charge >= 0.3 is 0 Å². The molecule has 2 rings (SSSR count). The highest BCUT2D eigenvalue weighted by Gasteiger charge is 2.05. The maximum absolute atomic E-state index is 13.3. The molecule has 5 heteroatoms. The van der Waals surface area contributed by atoms with Gasteiger partial charge in [-0.15, -0.1) is 0 Å². The summed E-state index contributed by atoms with van der Waals surface area (Å²) in [5.41, 5.74) is 1.46. The number of nitrogens with zero attached hydrogens (tertiary/aromatic N) is 1. The van der Waals surface area contributed by atoms with E-state index in [9.17, 15) is 4.39 Å². The van der Waals surface area contributed by atoms with Crippen LogP contribution in [0.4, 0.5) is 15.8 Å². The fourth-order valence-electron chi connectivity index (χ4n) is 1.45. The van der Waals surface area contributed by atoms with Crippen LogP contribution in [0.5, 0.6) is 0 Å². The Bertz CT molecular complexity index is 635. The number of benzene rings is 2. The quantitative estimate of drug-likeness (QED) is 0.862. The molecular formula is C13H7Cl2FN2. The van der Waals surface area contributed by atoms with Gasteiger partial charge in [0.15, 0.2) is 0 Å². The minimum Gasteiger partial charge on any atom is -0.354 e. The lowest BCUT2D eigenvalue weighted by molar-refractivity contribution is 0.629. The largest absolute Gasteiger partial charge is 0.354 e. The molecule has 0 heterocycles. The van der Waals surface area contributed by atoms with E-state index < -0.39 is 5.82 Å². The zero-order valence-electron chi connectivity index (χ0n) is 9.05. The minimum atomic E-state index is -0.519. The van der Waals surface area contributed by atoms with Crippen LogP contribution in [-0.2, 0) is 0 Å². The van der Waals surface area contributed by atoms with Crippen molar-refractivity contribution in [1.82, 2.24) is 0 Å². The smallest absolute Gasteiger partial charge is 0.143 e. The number of halogens is 3. The summed E-state index contributed by atoms with van der Waals surface area (Å²) < 4.78 is 13.3. The van der Waals surface area contributed by atoms with Crippen LogP contribution in [0.3, 0.4) is 0 Å². The van der Waals surface area contributed by atoms with Gasteiger partial charge in [-0.3, -0.25) is 0 Å². The van der Waals surface area contributed by atoms with E-state index in [1.54, 1.807) is 18.2 Å². The highest BCUT2D eigenvalue weighted by Crippen LogP contribution is 2.25. The standard InChI is InChI=1S/C13H7Cl2FN2/c14-9-1-4-13(8(5-9)7-17)18-10-2-3-11(15)12(16)6-10/h1-6,18H. The molecule has 2 aromatic rings. The summed E-state index contributed by atoms with van der Waals surface area (Å²) in [6, 6.07) is 11.2. The van der Waals surface area contributed by atoms with E-state index in [4.69, 9.17) is 28.5 Å². The molecule has 0 aliphatic heterocycles. The van der Waals surface area contributed by atoms with Gasteiger partial charge in [-0.25, -0.2) is 4.39 Å². The molecular weight excluding hydrogens is 274 g/mol. The summed E-state index contributed by atoms with van der Waals surface area (Å²) in [5, 5.41) is 12.4. The molecule has 0 fully saturated rings. The molecule has 2 nitrogen and oxygen atoms in total. The minimum absolute atomic E-state index is 0.0529. The highest BCUT2D eigenvalue weighted by molar-refractivity contribution is 6.31. The molecule has 0 unspecified atom stereocenters. The average Bonchev–Trinajstić information content (AvgIpc) is 2.36. The van der Waals surface area contributed by atoms with Crippen molar-refractivity contribution >= 4 is 34.6 Å². The van der Waals surface area contributed by atoms with E-state index in [0.29, 0.717) is 22.0 Å². The third kappa shape index (κ3) is 2.73. The summed E-state index contributed by atoms with van der Waals surface area (Å²) in [5.74, 6) is -0.519. The number of nitrogens with one attached hydrogen (secondary N) is 1. The van der Waals surface area contributed by atoms with Gasteiger partial charge in [0.05, 0.1) is 16.3 Å². The van der Waals surface area contributed by atoms with Gasteiger partial charge in [0, 0.05) is 10.7 Å². The Hall–Kier alpha value is -1.76. The molecule has 0 bridgehead atoms. The van der Waals surface area contributed by atoms with Crippen molar-refractivity contribution < 1.29 is 4.39 Å². The van der Waals surface area contributed by atoms with E-state index >= 15 is 0 Å². The summed E-state index contributed by atoms with van der Waals surface area (Å²) >= 11 is 11.4. The second-order valence-corrected chi connectivity index (χ2v) is 4.40. The van der Waals surface area contributed by atoms with Gasteiger partial charge in [-0.05, 0) is 36.4 Å². The first kappa shape index (κ1) is 12.7. The van der Waals surface area contributed by atoms with Crippen molar-refractivity contribution in [1.29, 1.82) is 5.26 Å². The first-order valence-corrected chi connectivity index (χ1v) is 5.77. The maximum atomic E-state index is 13.3. The predicted molar refractivity (Wildman–Crippen MR) is 70.9 cm³/mol. The number of hydrogen-bond donors (Lipinski definition) is 1. The van der Waals surface area contributed by atoms with Crippen molar-refractivity contribution in [2.45, 2.75) is 0 Å². The van der Waals surface area contributed by atoms with E-state index in [0.717, 1.165) is 0 Å². The molecule has 18 heavy (non-hydrogen) atoms. The van der Waals surface area contributed by atoms with Gasteiger partial charge < -0.3 is 5.32 Å². The predicted octanol–water partition coefficient (Wildman–Crippen LogP) is 4.75. The number of rotatable bonds is 2. The highest BCUT2D eigenvalue weighted by atomic mass is 35.5. The van der Waals surface area contributed by atoms with Crippen molar-refractivity contribution in [3.05, 3.63) is 57.8 Å². The molecule has 90 valence electrons. The molecule has 1 N–H and O–H groups in total. The van der Waals surface area contributed by atoms with Crippen LogP contribution >= 0.6 is 23.2 Å². The van der Waals surface area contributed by atoms with Crippen LogP contribution in [0.15, 0.2) is 36.4 Å². The summed E-state index contributed by atoms with van der Waals surface area (Å²) in [6.07, 6.45) is 0.